The van der Waals surface area contributed by atoms with Crippen LogP contribution in [0.5, 0.6) is 0 Å². The van der Waals surface area contributed by atoms with Crippen LogP contribution in [0, 0.1) is 0 Å². The molecule has 1 aromatic heterocycles. The molecule has 0 aliphatic carbocycles. The Kier molecular flexibility index (Phi) is 4.37. The van der Waals surface area contributed by atoms with Gasteiger partial charge in [0.25, 0.3) is 0 Å². The van der Waals surface area contributed by atoms with E-state index < -0.39 is 0 Å². The highest BCUT2D eigenvalue weighted by Crippen LogP contribution is 2.14. The molecule has 1 heterocycles. The third-order valence-corrected chi connectivity index (χ3v) is 2.87. The first-order chi connectivity index (χ1) is 8.25. The van der Waals surface area contributed by atoms with E-state index in [-0.39, 0.29) is 0 Å². The third-order valence-electron chi connectivity index (χ3n) is 2.28. The van der Waals surface area contributed by atoms with Gasteiger partial charge in [0.05, 0.1) is 13.2 Å². The summed E-state index contributed by atoms with van der Waals surface area (Å²) in [5.74, 6) is 0. The van der Waals surface area contributed by atoms with Gasteiger partial charge in [0.2, 0.25) is 0 Å². The molecular formula is C13H11Cl2NO. The molecule has 0 radical (unpaired) electrons. The number of aromatic nitrogens is 1. The van der Waals surface area contributed by atoms with Gasteiger partial charge >= 0.3 is 0 Å². The molecule has 0 N–H and O–H groups in total. The fourth-order valence-electron chi connectivity index (χ4n) is 1.39. The van der Waals surface area contributed by atoms with Crippen LogP contribution in [0.4, 0.5) is 0 Å². The van der Waals surface area contributed by atoms with Crippen LogP contribution in [-0.2, 0) is 18.0 Å². The molecule has 0 saturated heterocycles. The number of ether oxygens (including phenoxy) is 1. The number of nitrogens with zero attached hydrogens (tertiary/aromatic N) is 1. The first-order valence-electron chi connectivity index (χ1n) is 5.17. The fraction of sp³-hybridized carbons (Fsp3) is 0.154. The van der Waals surface area contributed by atoms with E-state index in [0.717, 1.165) is 16.1 Å². The Bertz CT molecular complexity index is 485. The van der Waals surface area contributed by atoms with E-state index in [1.165, 1.54) is 0 Å². The van der Waals surface area contributed by atoms with E-state index in [0.29, 0.717) is 18.4 Å². The zero-order chi connectivity index (χ0) is 12.1. The van der Waals surface area contributed by atoms with Crippen molar-refractivity contribution in [3.63, 3.8) is 0 Å². The molecule has 0 unspecified atom stereocenters. The van der Waals surface area contributed by atoms with Crippen molar-refractivity contribution in [2.45, 2.75) is 13.2 Å². The first kappa shape index (κ1) is 12.4. The smallest absolute Gasteiger partial charge is 0.134 e. The molecule has 88 valence electrons. The topological polar surface area (TPSA) is 22.1 Å². The molecular weight excluding hydrogens is 257 g/mol. The van der Waals surface area contributed by atoms with Crippen molar-refractivity contribution in [2.75, 3.05) is 0 Å². The quantitative estimate of drug-likeness (QED) is 0.778. The van der Waals surface area contributed by atoms with Crippen LogP contribution in [-0.4, -0.2) is 4.98 Å². The van der Waals surface area contributed by atoms with Gasteiger partial charge < -0.3 is 4.74 Å². The maximum absolute atomic E-state index is 5.92. The number of benzene rings is 1. The maximum atomic E-state index is 5.92. The Labute approximate surface area is 110 Å². The van der Waals surface area contributed by atoms with Crippen molar-refractivity contribution in [3.05, 3.63) is 63.9 Å². The van der Waals surface area contributed by atoms with Crippen LogP contribution in [0.25, 0.3) is 0 Å². The van der Waals surface area contributed by atoms with Crippen LogP contribution in [0.15, 0.2) is 42.6 Å². The number of hydrogen-bond donors (Lipinski definition) is 0. The molecule has 0 saturated carbocycles. The summed E-state index contributed by atoms with van der Waals surface area (Å²) < 4.78 is 5.56. The second kappa shape index (κ2) is 6.01. The minimum Gasteiger partial charge on any atom is -0.372 e. The third kappa shape index (κ3) is 3.70. The standard InChI is InChI=1S/C13H11Cl2NO/c14-12-5-3-10(4-6-12)8-17-9-11-2-1-7-16-13(11)15/h1-7H,8-9H2. The van der Waals surface area contributed by atoms with Gasteiger partial charge in [0.1, 0.15) is 5.15 Å². The summed E-state index contributed by atoms with van der Waals surface area (Å²) in [6, 6.07) is 11.3. The summed E-state index contributed by atoms with van der Waals surface area (Å²) >= 11 is 11.7. The molecule has 4 heteroatoms. The predicted molar refractivity (Wildman–Crippen MR) is 69.2 cm³/mol. The average Bonchev–Trinajstić information content (AvgIpc) is 2.34. The Morgan fingerprint density at radius 2 is 1.76 bits per heavy atom. The van der Waals surface area contributed by atoms with Crippen LogP contribution >= 0.6 is 23.2 Å². The number of hydrogen-bond acceptors (Lipinski definition) is 2. The second-order valence-corrected chi connectivity index (χ2v) is 4.37. The second-order valence-electron chi connectivity index (χ2n) is 3.57. The SMILES string of the molecule is Clc1ccc(COCc2cccnc2Cl)cc1. The molecule has 0 atom stereocenters. The van der Waals surface area contributed by atoms with Crippen molar-refractivity contribution in [1.82, 2.24) is 4.98 Å². The number of pyridine rings is 1. The van der Waals surface area contributed by atoms with Gasteiger partial charge in [-0.15, -0.1) is 0 Å². The maximum Gasteiger partial charge on any atom is 0.134 e. The molecule has 2 aromatic rings. The van der Waals surface area contributed by atoms with E-state index in [1.807, 2.05) is 36.4 Å². The highest BCUT2D eigenvalue weighted by molar-refractivity contribution is 6.30. The van der Waals surface area contributed by atoms with E-state index in [4.69, 9.17) is 27.9 Å². The Morgan fingerprint density at radius 1 is 1.00 bits per heavy atom. The summed E-state index contributed by atoms with van der Waals surface area (Å²) in [7, 11) is 0. The summed E-state index contributed by atoms with van der Waals surface area (Å²) in [6.07, 6.45) is 1.66. The van der Waals surface area contributed by atoms with Crippen LogP contribution in [0.3, 0.4) is 0 Å². The van der Waals surface area contributed by atoms with Gasteiger partial charge in [-0.05, 0) is 23.8 Å². The molecule has 0 bridgehead atoms. The van der Waals surface area contributed by atoms with Gasteiger partial charge in [-0.1, -0.05) is 41.4 Å². The minimum atomic E-state index is 0.454. The zero-order valence-corrected chi connectivity index (χ0v) is 10.6. The lowest BCUT2D eigenvalue weighted by Crippen LogP contribution is -1.95. The molecule has 0 aliphatic heterocycles. The highest BCUT2D eigenvalue weighted by Gasteiger charge is 2.00. The number of rotatable bonds is 4. The lowest BCUT2D eigenvalue weighted by Gasteiger charge is -2.05. The summed E-state index contributed by atoms with van der Waals surface area (Å²) in [5.41, 5.74) is 1.97. The lowest BCUT2D eigenvalue weighted by molar-refractivity contribution is 0.107. The Hall–Kier alpha value is -1.09. The molecule has 2 rings (SSSR count). The van der Waals surface area contributed by atoms with Crippen molar-refractivity contribution >= 4 is 23.2 Å². The Morgan fingerprint density at radius 3 is 2.47 bits per heavy atom. The molecule has 1 aromatic carbocycles. The van der Waals surface area contributed by atoms with Gasteiger partial charge in [0, 0.05) is 16.8 Å². The van der Waals surface area contributed by atoms with Gasteiger partial charge in [0.15, 0.2) is 0 Å². The monoisotopic (exact) mass is 267 g/mol. The summed E-state index contributed by atoms with van der Waals surface area (Å²) in [4.78, 5) is 3.98. The van der Waals surface area contributed by atoms with Crippen LogP contribution in [0.2, 0.25) is 10.2 Å². The largest absolute Gasteiger partial charge is 0.372 e. The van der Waals surface area contributed by atoms with E-state index in [2.05, 4.69) is 4.98 Å². The minimum absolute atomic E-state index is 0.454. The molecule has 0 amide bonds. The predicted octanol–water partition coefficient (Wildman–Crippen LogP) is 4.11. The van der Waals surface area contributed by atoms with Crippen molar-refractivity contribution in [2.24, 2.45) is 0 Å². The van der Waals surface area contributed by atoms with Gasteiger partial charge in [-0.25, -0.2) is 4.98 Å². The fourth-order valence-corrected chi connectivity index (χ4v) is 1.69. The first-order valence-corrected chi connectivity index (χ1v) is 5.93. The molecule has 2 nitrogen and oxygen atoms in total. The van der Waals surface area contributed by atoms with Gasteiger partial charge in [-0.2, -0.15) is 0 Å². The molecule has 0 spiro atoms. The normalized spacial score (nSPS) is 10.5. The molecule has 0 aliphatic rings. The van der Waals surface area contributed by atoms with Crippen LogP contribution in [0.1, 0.15) is 11.1 Å². The van der Waals surface area contributed by atoms with E-state index >= 15 is 0 Å². The average molecular weight is 268 g/mol. The number of halogens is 2. The van der Waals surface area contributed by atoms with Gasteiger partial charge in [-0.3, -0.25) is 0 Å². The zero-order valence-electron chi connectivity index (χ0n) is 9.07. The van der Waals surface area contributed by atoms with Crippen molar-refractivity contribution < 1.29 is 4.74 Å². The lowest BCUT2D eigenvalue weighted by atomic mass is 10.2. The van der Waals surface area contributed by atoms with E-state index in [9.17, 15) is 0 Å². The Balaban J connectivity index is 1.88. The van der Waals surface area contributed by atoms with Crippen molar-refractivity contribution in [1.29, 1.82) is 0 Å². The van der Waals surface area contributed by atoms with Crippen LogP contribution < -0.4 is 0 Å². The highest BCUT2D eigenvalue weighted by atomic mass is 35.5. The van der Waals surface area contributed by atoms with Crippen molar-refractivity contribution in [3.8, 4) is 0 Å². The molecule has 0 fully saturated rings. The summed E-state index contributed by atoms with van der Waals surface area (Å²) in [5, 5.41) is 1.22. The summed E-state index contributed by atoms with van der Waals surface area (Å²) in [6.45, 7) is 0.984. The van der Waals surface area contributed by atoms with E-state index in [1.54, 1.807) is 6.20 Å². The molecule has 17 heavy (non-hydrogen) atoms.